The number of hydrogen-bond acceptors (Lipinski definition) is 4. The van der Waals surface area contributed by atoms with Crippen LogP contribution >= 0.6 is 0 Å². The van der Waals surface area contributed by atoms with E-state index in [0.29, 0.717) is 12.3 Å². The van der Waals surface area contributed by atoms with Crippen LogP contribution < -0.4 is 9.47 Å². The van der Waals surface area contributed by atoms with Crippen LogP contribution in [-0.4, -0.2) is 17.6 Å². The van der Waals surface area contributed by atoms with Crippen LogP contribution in [0.3, 0.4) is 0 Å². The Bertz CT molecular complexity index is 1160. The zero-order chi connectivity index (χ0) is 21.6. The molecule has 0 saturated heterocycles. The summed E-state index contributed by atoms with van der Waals surface area (Å²) in [5.41, 5.74) is 6.10. The predicted octanol–water partition coefficient (Wildman–Crippen LogP) is 5.75. The van der Waals surface area contributed by atoms with Gasteiger partial charge in [-0.05, 0) is 60.6 Å². The summed E-state index contributed by atoms with van der Waals surface area (Å²) in [4.78, 5) is 18.1. The minimum Gasteiger partial charge on any atom is -0.454 e. The van der Waals surface area contributed by atoms with E-state index in [1.165, 1.54) is 11.1 Å². The molecular weight excluding hydrogens is 386 g/mol. The number of carbonyl (C=O) groups excluding carboxylic acids is 1. The number of ether oxygens (including phenoxy) is 2. The Balaban J connectivity index is 1.39. The van der Waals surface area contributed by atoms with Crippen molar-refractivity contribution in [3.8, 4) is 22.6 Å². The number of carbonyl (C=O) groups is 1. The van der Waals surface area contributed by atoms with Gasteiger partial charge in [0.25, 0.3) is 0 Å². The third kappa shape index (κ3) is 3.50. The zero-order valence-electron chi connectivity index (χ0n) is 18.3. The summed E-state index contributed by atoms with van der Waals surface area (Å²) in [6.45, 7) is 6.69. The molecule has 1 aromatic heterocycles. The van der Waals surface area contributed by atoms with Gasteiger partial charge in [-0.15, -0.1) is 0 Å². The Hall–Kier alpha value is -3.14. The summed E-state index contributed by atoms with van der Waals surface area (Å²) in [6, 6.07) is 18.5. The summed E-state index contributed by atoms with van der Waals surface area (Å²) in [7, 11) is 0. The minimum absolute atomic E-state index is 0.230. The van der Waals surface area contributed by atoms with Gasteiger partial charge in [-0.3, -0.25) is 9.78 Å². The summed E-state index contributed by atoms with van der Waals surface area (Å²) in [5.74, 6) is 2.15. The van der Waals surface area contributed by atoms with Gasteiger partial charge in [-0.25, -0.2) is 0 Å². The summed E-state index contributed by atoms with van der Waals surface area (Å²) >= 11 is 0. The SMILES string of the molecule is Cc1nc(CC(=O)C2(c3ccc4c(c3)OCO4)CC2)ccc1-c1ccccc1C(C)C. The van der Waals surface area contributed by atoms with Gasteiger partial charge < -0.3 is 9.47 Å². The van der Waals surface area contributed by atoms with Gasteiger partial charge in [-0.1, -0.05) is 50.2 Å². The highest BCUT2D eigenvalue weighted by Gasteiger charge is 2.51. The topological polar surface area (TPSA) is 48.4 Å². The van der Waals surface area contributed by atoms with Gasteiger partial charge in [0, 0.05) is 23.4 Å². The Labute approximate surface area is 183 Å². The van der Waals surface area contributed by atoms with E-state index in [2.05, 4.69) is 44.2 Å². The van der Waals surface area contributed by atoms with Crippen molar-refractivity contribution < 1.29 is 14.3 Å². The molecule has 158 valence electrons. The standard InChI is InChI=1S/C27H27NO3/c1-17(2)21-6-4-5-7-23(21)22-10-9-20(28-18(22)3)15-26(29)27(12-13-27)19-8-11-24-25(14-19)31-16-30-24/h4-11,14,17H,12-13,15-16H2,1-3H3. The van der Waals surface area contributed by atoms with Crippen molar-refractivity contribution in [1.82, 2.24) is 4.98 Å². The van der Waals surface area contributed by atoms with Crippen LogP contribution in [0, 0.1) is 6.92 Å². The molecule has 0 radical (unpaired) electrons. The van der Waals surface area contributed by atoms with Gasteiger partial charge in [0.05, 0.1) is 5.41 Å². The van der Waals surface area contributed by atoms with Crippen molar-refractivity contribution in [2.75, 3.05) is 6.79 Å². The number of aryl methyl sites for hydroxylation is 1. The normalized spacial score (nSPS) is 15.9. The molecule has 0 N–H and O–H groups in total. The van der Waals surface area contributed by atoms with Crippen molar-refractivity contribution in [3.63, 3.8) is 0 Å². The van der Waals surface area contributed by atoms with Gasteiger partial charge in [-0.2, -0.15) is 0 Å². The van der Waals surface area contributed by atoms with Crippen LogP contribution in [0.1, 0.15) is 55.1 Å². The van der Waals surface area contributed by atoms with Crippen molar-refractivity contribution >= 4 is 5.78 Å². The maximum Gasteiger partial charge on any atom is 0.231 e. The number of nitrogens with zero attached hydrogens (tertiary/aromatic N) is 1. The predicted molar refractivity (Wildman–Crippen MR) is 121 cm³/mol. The van der Waals surface area contributed by atoms with E-state index in [4.69, 9.17) is 14.5 Å². The second-order valence-corrected chi connectivity index (χ2v) is 8.93. The number of hydrogen-bond donors (Lipinski definition) is 0. The molecule has 0 unspecified atom stereocenters. The molecule has 31 heavy (non-hydrogen) atoms. The van der Waals surface area contributed by atoms with Gasteiger partial charge in [0.1, 0.15) is 5.78 Å². The largest absolute Gasteiger partial charge is 0.454 e. The van der Waals surface area contributed by atoms with Crippen LogP contribution in [-0.2, 0) is 16.6 Å². The van der Waals surface area contributed by atoms with Crippen LogP contribution in [0.5, 0.6) is 11.5 Å². The van der Waals surface area contributed by atoms with Crippen molar-refractivity contribution in [2.24, 2.45) is 0 Å². The van der Waals surface area contributed by atoms with Crippen molar-refractivity contribution in [2.45, 2.75) is 51.4 Å². The highest BCUT2D eigenvalue weighted by Crippen LogP contribution is 2.51. The average Bonchev–Trinajstić information content (AvgIpc) is 3.45. The third-order valence-corrected chi connectivity index (χ3v) is 6.57. The molecule has 3 aromatic rings. The fraction of sp³-hybridized carbons (Fsp3) is 0.333. The molecule has 0 bridgehead atoms. The van der Waals surface area contributed by atoms with E-state index in [1.807, 2.05) is 31.2 Å². The van der Waals surface area contributed by atoms with Crippen molar-refractivity contribution in [1.29, 1.82) is 0 Å². The molecule has 2 aliphatic rings. The summed E-state index contributed by atoms with van der Waals surface area (Å²) in [5, 5.41) is 0. The lowest BCUT2D eigenvalue weighted by Crippen LogP contribution is -2.23. The highest BCUT2D eigenvalue weighted by molar-refractivity contribution is 5.94. The summed E-state index contributed by atoms with van der Waals surface area (Å²) in [6.07, 6.45) is 2.11. The number of ketones is 1. The zero-order valence-corrected chi connectivity index (χ0v) is 18.3. The Morgan fingerprint density at radius 2 is 1.77 bits per heavy atom. The lowest BCUT2D eigenvalue weighted by atomic mass is 9.88. The molecule has 4 heteroatoms. The maximum absolute atomic E-state index is 13.3. The maximum atomic E-state index is 13.3. The number of rotatable bonds is 6. The molecule has 2 heterocycles. The first-order valence-electron chi connectivity index (χ1n) is 11.0. The first-order valence-corrected chi connectivity index (χ1v) is 11.0. The molecule has 0 atom stereocenters. The number of benzene rings is 2. The van der Waals surface area contributed by atoms with E-state index in [9.17, 15) is 4.79 Å². The third-order valence-electron chi connectivity index (χ3n) is 6.57. The first-order chi connectivity index (χ1) is 15.0. The van der Waals surface area contributed by atoms with Gasteiger partial charge >= 0.3 is 0 Å². The average molecular weight is 414 g/mol. The Kier molecular flexibility index (Phi) is 4.81. The molecule has 2 aromatic carbocycles. The molecule has 0 amide bonds. The number of aromatic nitrogens is 1. The molecule has 1 aliphatic carbocycles. The quantitative estimate of drug-likeness (QED) is 0.516. The van der Waals surface area contributed by atoms with Crippen LogP contribution in [0.25, 0.3) is 11.1 Å². The van der Waals surface area contributed by atoms with Crippen LogP contribution in [0.2, 0.25) is 0 Å². The molecule has 5 rings (SSSR count). The fourth-order valence-electron chi connectivity index (χ4n) is 4.62. The molecule has 4 nitrogen and oxygen atoms in total. The Morgan fingerprint density at radius 3 is 2.52 bits per heavy atom. The first kappa shape index (κ1) is 19.8. The molecule has 1 fully saturated rings. The van der Waals surface area contributed by atoms with E-state index < -0.39 is 5.41 Å². The van der Waals surface area contributed by atoms with Crippen molar-refractivity contribution in [3.05, 3.63) is 77.1 Å². The second kappa shape index (κ2) is 7.52. The molecule has 0 spiro atoms. The lowest BCUT2D eigenvalue weighted by molar-refractivity contribution is -0.120. The summed E-state index contributed by atoms with van der Waals surface area (Å²) < 4.78 is 10.9. The Morgan fingerprint density at radius 1 is 1.00 bits per heavy atom. The fourth-order valence-corrected chi connectivity index (χ4v) is 4.62. The number of pyridine rings is 1. The van der Waals surface area contributed by atoms with E-state index >= 15 is 0 Å². The van der Waals surface area contributed by atoms with E-state index in [1.54, 1.807) is 0 Å². The van der Waals surface area contributed by atoms with Gasteiger partial charge in [0.2, 0.25) is 6.79 Å². The van der Waals surface area contributed by atoms with E-state index in [0.717, 1.165) is 46.9 Å². The number of Topliss-reactive ketones (excluding diaryl/α,β-unsaturated/α-hetero) is 1. The van der Waals surface area contributed by atoms with E-state index in [-0.39, 0.29) is 12.6 Å². The number of fused-ring (bicyclic) bond motifs is 1. The molecule has 1 saturated carbocycles. The van der Waals surface area contributed by atoms with Crippen LogP contribution in [0.15, 0.2) is 54.6 Å². The molecular formula is C27H27NO3. The lowest BCUT2D eigenvalue weighted by Gasteiger charge is -2.17. The van der Waals surface area contributed by atoms with Gasteiger partial charge in [0.15, 0.2) is 11.5 Å². The second-order valence-electron chi connectivity index (χ2n) is 8.93. The van der Waals surface area contributed by atoms with Crippen LogP contribution in [0.4, 0.5) is 0 Å². The smallest absolute Gasteiger partial charge is 0.231 e. The molecule has 1 aliphatic heterocycles. The highest BCUT2D eigenvalue weighted by atomic mass is 16.7. The monoisotopic (exact) mass is 413 g/mol. The minimum atomic E-state index is -0.403.